The molecule has 1 amide bonds. The predicted octanol–water partition coefficient (Wildman–Crippen LogP) is 3.85. The Morgan fingerprint density at radius 3 is 2.59 bits per heavy atom. The van der Waals surface area contributed by atoms with Gasteiger partial charge in [0.15, 0.2) is 0 Å². The first kappa shape index (κ1) is 14.4. The molecule has 0 spiro atoms. The van der Waals surface area contributed by atoms with Gasteiger partial charge in [0, 0.05) is 5.02 Å². The van der Waals surface area contributed by atoms with Gasteiger partial charge in [0.2, 0.25) is 0 Å². The van der Waals surface area contributed by atoms with Gasteiger partial charge in [-0.3, -0.25) is 4.79 Å². The van der Waals surface area contributed by atoms with Crippen molar-refractivity contribution in [2.45, 2.75) is 6.92 Å². The van der Waals surface area contributed by atoms with Crippen molar-refractivity contribution < 1.29 is 9.90 Å². The molecular formula is C17H13ClN2O2. The number of amides is 1. The van der Waals surface area contributed by atoms with Gasteiger partial charge in [-0.15, -0.1) is 0 Å². The van der Waals surface area contributed by atoms with Gasteiger partial charge in [-0.1, -0.05) is 29.8 Å². The largest absolute Gasteiger partial charge is 0.508 e. The van der Waals surface area contributed by atoms with Crippen LogP contribution >= 0.6 is 11.6 Å². The molecule has 0 saturated heterocycles. The van der Waals surface area contributed by atoms with E-state index >= 15 is 0 Å². The first-order valence-electron chi connectivity index (χ1n) is 6.71. The van der Waals surface area contributed by atoms with Gasteiger partial charge in [0.1, 0.15) is 5.75 Å². The number of phenolic OH excluding ortho intramolecular Hbond substituents is 1. The van der Waals surface area contributed by atoms with E-state index in [1.165, 1.54) is 5.01 Å². The van der Waals surface area contributed by atoms with Crippen molar-refractivity contribution in [1.82, 2.24) is 0 Å². The molecule has 0 saturated carbocycles. The molecule has 22 heavy (non-hydrogen) atoms. The minimum atomic E-state index is -0.201. The van der Waals surface area contributed by atoms with Gasteiger partial charge in [-0.05, 0) is 48.9 Å². The molecule has 1 N–H and O–H groups in total. The zero-order valence-corrected chi connectivity index (χ0v) is 12.6. The quantitative estimate of drug-likeness (QED) is 0.856. The predicted molar refractivity (Wildman–Crippen MR) is 88.1 cm³/mol. The molecule has 5 heteroatoms. The summed E-state index contributed by atoms with van der Waals surface area (Å²) in [5.74, 6) is -0.0151. The SMILES string of the molecule is CC1=NN(c2cccc(Cl)c2)C(=O)/C1=C\c1ccc(O)cc1. The second-order valence-corrected chi connectivity index (χ2v) is 5.37. The number of rotatable bonds is 2. The summed E-state index contributed by atoms with van der Waals surface area (Å²) in [6.07, 6.45) is 1.76. The van der Waals surface area contributed by atoms with E-state index in [1.54, 1.807) is 61.5 Å². The monoisotopic (exact) mass is 312 g/mol. The lowest BCUT2D eigenvalue weighted by Crippen LogP contribution is -2.21. The summed E-state index contributed by atoms with van der Waals surface area (Å²) in [6, 6.07) is 13.6. The van der Waals surface area contributed by atoms with Crippen molar-refractivity contribution in [2.75, 3.05) is 5.01 Å². The number of halogens is 1. The first-order valence-corrected chi connectivity index (χ1v) is 7.09. The highest BCUT2D eigenvalue weighted by Gasteiger charge is 2.28. The molecule has 0 aromatic heterocycles. The highest BCUT2D eigenvalue weighted by Crippen LogP contribution is 2.27. The molecule has 0 unspecified atom stereocenters. The first-order chi connectivity index (χ1) is 10.5. The normalized spacial score (nSPS) is 16.3. The van der Waals surface area contributed by atoms with Gasteiger partial charge in [0.25, 0.3) is 5.91 Å². The van der Waals surface area contributed by atoms with Gasteiger partial charge < -0.3 is 5.11 Å². The number of nitrogens with zero attached hydrogens (tertiary/aromatic N) is 2. The number of carbonyl (C=O) groups excluding carboxylic acids is 1. The van der Waals surface area contributed by atoms with E-state index in [0.29, 0.717) is 22.0 Å². The number of aromatic hydroxyl groups is 1. The van der Waals surface area contributed by atoms with Crippen LogP contribution in [0.4, 0.5) is 5.69 Å². The van der Waals surface area contributed by atoms with E-state index in [0.717, 1.165) is 5.56 Å². The zero-order chi connectivity index (χ0) is 15.7. The van der Waals surface area contributed by atoms with Crippen molar-refractivity contribution in [2.24, 2.45) is 5.10 Å². The summed E-state index contributed by atoms with van der Waals surface area (Å²) >= 11 is 5.96. The third-order valence-electron chi connectivity index (χ3n) is 3.32. The van der Waals surface area contributed by atoms with E-state index in [4.69, 9.17) is 11.6 Å². The maximum atomic E-state index is 12.5. The van der Waals surface area contributed by atoms with Crippen LogP contribution in [0.3, 0.4) is 0 Å². The Morgan fingerprint density at radius 1 is 1.18 bits per heavy atom. The Labute approximate surface area is 133 Å². The lowest BCUT2D eigenvalue weighted by Gasteiger charge is -2.11. The average molecular weight is 313 g/mol. The van der Waals surface area contributed by atoms with Crippen LogP contribution in [0.2, 0.25) is 5.02 Å². The van der Waals surface area contributed by atoms with Crippen LogP contribution in [0, 0.1) is 0 Å². The summed E-state index contributed by atoms with van der Waals surface area (Å²) in [6.45, 7) is 1.79. The van der Waals surface area contributed by atoms with Crippen molar-refractivity contribution >= 4 is 35.0 Å². The number of hydrogen-bond donors (Lipinski definition) is 1. The summed E-state index contributed by atoms with van der Waals surface area (Å²) in [4.78, 5) is 12.5. The van der Waals surface area contributed by atoms with Crippen LogP contribution in [0.15, 0.2) is 59.2 Å². The van der Waals surface area contributed by atoms with Crippen LogP contribution in [-0.4, -0.2) is 16.7 Å². The molecule has 0 bridgehead atoms. The van der Waals surface area contributed by atoms with Gasteiger partial charge in [-0.2, -0.15) is 10.1 Å². The highest BCUT2D eigenvalue weighted by atomic mass is 35.5. The fourth-order valence-electron chi connectivity index (χ4n) is 2.20. The summed E-state index contributed by atoms with van der Waals surface area (Å²) in [5.41, 5.74) is 2.61. The van der Waals surface area contributed by atoms with Crippen LogP contribution in [-0.2, 0) is 4.79 Å². The molecule has 3 rings (SSSR count). The van der Waals surface area contributed by atoms with Gasteiger partial charge in [-0.25, -0.2) is 0 Å². The van der Waals surface area contributed by atoms with Crippen LogP contribution < -0.4 is 5.01 Å². The number of hydrogen-bond acceptors (Lipinski definition) is 3. The van der Waals surface area contributed by atoms with Crippen molar-refractivity contribution in [3.8, 4) is 5.75 Å². The van der Waals surface area contributed by atoms with Crippen molar-refractivity contribution in [3.05, 3.63) is 64.7 Å². The highest BCUT2D eigenvalue weighted by molar-refractivity contribution is 6.33. The number of phenols is 1. The molecule has 1 aliphatic heterocycles. The molecule has 2 aromatic carbocycles. The molecule has 110 valence electrons. The van der Waals surface area contributed by atoms with Gasteiger partial charge in [0.05, 0.1) is 17.0 Å². The molecule has 0 atom stereocenters. The number of carbonyl (C=O) groups is 1. The van der Waals surface area contributed by atoms with Crippen molar-refractivity contribution in [1.29, 1.82) is 0 Å². The Hall–Kier alpha value is -2.59. The Morgan fingerprint density at radius 2 is 1.91 bits per heavy atom. The summed E-state index contributed by atoms with van der Waals surface area (Å²) < 4.78 is 0. The van der Waals surface area contributed by atoms with E-state index in [-0.39, 0.29) is 11.7 Å². The zero-order valence-electron chi connectivity index (χ0n) is 11.8. The Bertz CT molecular complexity index is 795. The second kappa shape index (κ2) is 5.66. The smallest absolute Gasteiger partial charge is 0.280 e. The summed E-state index contributed by atoms with van der Waals surface area (Å²) in [5, 5.41) is 15.5. The standard InChI is InChI=1S/C17H13ClN2O2/c1-11-16(9-12-5-7-15(21)8-6-12)17(22)20(19-11)14-4-2-3-13(18)10-14/h2-10,21H,1H3/b16-9-. The maximum absolute atomic E-state index is 12.5. The van der Waals surface area contributed by atoms with Crippen molar-refractivity contribution in [3.63, 3.8) is 0 Å². The summed E-state index contributed by atoms with van der Waals surface area (Å²) in [7, 11) is 0. The fourth-order valence-corrected chi connectivity index (χ4v) is 2.39. The van der Waals surface area contributed by atoms with Gasteiger partial charge >= 0.3 is 0 Å². The third kappa shape index (κ3) is 2.73. The maximum Gasteiger partial charge on any atom is 0.280 e. The molecule has 0 fully saturated rings. The molecule has 2 aromatic rings. The lowest BCUT2D eigenvalue weighted by atomic mass is 10.1. The Balaban J connectivity index is 1.94. The van der Waals surface area contributed by atoms with Crippen LogP contribution in [0.1, 0.15) is 12.5 Å². The number of benzene rings is 2. The molecule has 1 heterocycles. The minimum Gasteiger partial charge on any atom is -0.508 e. The van der Waals surface area contributed by atoms with E-state index in [9.17, 15) is 9.90 Å². The second-order valence-electron chi connectivity index (χ2n) is 4.93. The molecular weight excluding hydrogens is 300 g/mol. The molecule has 0 radical (unpaired) electrons. The van der Waals surface area contributed by atoms with Crippen LogP contribution in [0.25, 0.3) is 6.08 Å². The number of hydrazone groups is 1. The minimum absolute atomic E-state index is 0.186. The topological polar surface area (TPSA) is 52.9 Å². The van der Waals surface area contributed by atoms with E-state index in [2.05, 4.69) is 5.10 Å². The Kier molecular flexibility index (Phi) is 3.69. The number of anilines is 1. The molecule has 1 aliphatic rings. The van der Waals surface area contributed by atoms with Crippen LogP contribution in [0.5, 0.6) is 5.75 Å². The van der Waals surface area contributed by atoms with E-state index < -0.39 is 0 Å². The molecule has 4 nitrogen and oxygen atoms in total. The fraction of sp³-hybridized carbons (Fsp3) is 0.0588. The lowest BCUT2D eigenvalue weighted by molar-refractivity contribution is -0.114. The third-order valence-corrected chi connectivity index (χ3v) is 3.55. The average Bonchev–Trinajstić information content (AvgIpc) is 2.77. The van der Waals surface area contributed by atoms with E-state index in [1.807, 2.05) is 0 Å². The molecule has 0 aliphatic carbocycles.